The predicted octanol–water partition coefficient (Wildman–Crippen LogP) is 2.36. The SMILES string of the molecule is [CH2]C(C=C)c1cc(C(=O)OC)cc(C(=O)OC)c1. The molecule has 1 aromatic carbocycles. The molecule has 0 spiro atoms. The summed E-state index contributed by atoms with van der Waals surface area (Å²) in [6.07, 6.45) is 1.62. The first kappa shape index (κ1) is 14.0. The Morgan fingerprint density at radius 2 is 1.56 bits per heavy atom. The van der Waals surface area contributed by atoms with Crippen molar-refractivity contribution >= 4 is 11.9 Å². The molecule has 0 amide bonds. The Bertz CT molecular complexity index is 442. The molecule has 1 rings (SSSR count). The normalized spacial score (nSPS) is 11.5. The number of carbonyl (C=O) groups excluding carboxylic acids is 2. The number of carbonyl (C=O) groups is 2. The molecule has 0 heterocycles. The lowest BCUT2D eigenvalue weighted by Crippen LogP contribution is -2.08. The summed E-state index contributed by atoms with van der Waals surface area (Å²) in [5.41, 5.74) is 1.27. The molecule has 0 aliphatic carbocycles. The van der Waals surface area contributed by atoms with Gasteiger partial charge in [0.05, 0.1) is 25.3 Å². The molecule has 1 aromatic rings. The monoisotopic (exact) mass is 247 g/mol. The zero-order valence-corrected chi connectivity index (χ0v) is 10.4. The van der Waals surface area contributed by atoms with E-state index >= 15 is 0 Å². The third-order valence-electron chi connectivity index (χ3n) is 2.51. The first-order valence-corrected chi connectivity index (χ1v) is 5.30. The lowest BCUT2D eigenvalue weighted by atomic mass is 9.96. The molecule has 0 aromatic heterocycles. The van der Waals surface area contributed by atoms with Crippen LogP contribution in [0.5, 0.6) is 0 Å². The van der Waals surface area contributed by atoms with Crippen molar-refractivity contribution in [2.75, 3.05) is 14.2 Å². The Kier molecular flexibility index (Phi) is 4.66. The van der Waals surface area contributed by atoms with Crippen molar-refractivity contribution in [1.29, 1.82) is 0 Å². The van der Waals surface area contributed by atoms with E-state index in [1.165, 1.54) is 20.3 Å². The molecule has 1 unspecified atom stereocenters. The fourth-order valence-corrected chi connectivity index (χ4v) is 1.47. The highest BCUT2D eigenvalue weighted by molar-refractivity contribution is 5.95. The Balaban J connectivity index is 3.32. The fraction of sp³-hybridized carbons (Fsp3) is 0.214. The summed E-state index contributed by atoms with van der Waals surface area (Å²) >= 11 is 0. The zero-order valence-electron chi connectivity index (χ0n) is 10.4. The lowest BCUT2D eigenvalue weighted by Gasteiger charge is -2.10. The molecule has 1 radical (unpaired) electrons. The van der Waals surface area contributed by atoms with Crippen molar-refractivity contribution in [3.8, 4) is 0 Å². The average Bonchev–Trinajstić information content (AvgIpc) is 2.43. The van der Waals surface area contributed by atoms with Crippen molar-refractivity contribution < 1.29 is 19.1 Å². The van der Waals surface area contributed by atoms with E-state index in [4.69, 9.17) is 0 Å². The molecule has 4 nitrogen and oxygen atoms in total. The molecule has 0 N–H and O–H groups in total. The second-order valence-electron chi connectivity index (χ2n) is 3.67. The molecule has 0 bridgehead atoms. The van der Waals surface area contributed by atoms with E-state index in [2.05, 4.69) is 23.0 Å². The van der Waals surface area contributed by atoms with E-state index < -0.39 is 11.9 Å². The van der Waals surface area contributed by atoms with E-state index in [1.54, 1.807) is 18.2 Å². The fourth-order valence-electron chi connectivity index (χ4n) is 1.47. The van der Waals surface area contributed by atoms with Crippen LogP contribution in [-0.2, 0) is 9.47 Å². The van der Waals surface area contributed by atoms with E-state index in [0.29, 0.717) is 5.56 Å². The topological polar surface area (TPSA) is 52.6 Å². The van der Waals surface area contributed by atoms with Gasteiger partial charge in [0.25, 0.3) is 0 Å². The minimum Gasteiger partial charge on any atom is -0.465 e. The zero-order chi connectivity index (χ0) is 13.7. The van der Waals surface area contributed by atoms with E-state index in [1.807, 2.05) is 0 Å². The van der Waals surface area contributed by atoms with Gasteiger partial charge in [-0.2, -0.15) is 0 Å². The van der Waals surface area contributed by atoms with Gasteiger partial charge in [0.2, 0.25) is 0 Å². The van der Waals surface area contributed by atoms with Gasteiger partial charge in [0, 0.05) is 5.92 Å². The molecule has 18 heavy (non-hydrogen) atoms. The molecule has 0 saturated carbocycles. The van der Waals surface area contributed by atoms with Gasteiger partial charge in [-0.15, -0.1) is 6.58 Å². The number of allylic oxidation sites excluding steroid dienone is 1. The van der Waals surface area contributed by atoms with Crippen molar-refractivity contribution in [2.24, 2.45) is 0 Å². The Morgan fingerprint density at radius 3 is 1.89 bits per heavy atom. The van der Waals surface area contributed by atoms with Crippen molar-refractivity contribution in [1.82, 2.24) is 0 Å². The van der Waals surface area contributed by atoms with Crippen LogP contribution < -0.4 is 0 Å². The molecular weight excluding hydrogens is 232 g/mol. The van der Waals surface area contributed by atoms with Gasteiger partial charge in [-0.1, -0.05) is 6.08 Å². The highest BCUT2D eigenvalue weighted by Crippen LogP contribution is 2.20. The van der Waals surface area contributed by atoms with E-state index in [0.717, 1.165) is 0 Å². The summed E-state index contributed by atoms with van der Waals surface area (Å²) < 4.78 is 9.27. The molecular formula is C14H15O4. The van der Waals surface area contributed by atoms with Crippen molar-refractivity contribution in [3.63, 3.8) is 0 Å². The van der Waals surface area contributed by atoms with Crippen molar-refractivity contribution in [2.45, 2.75) is 5.92 Å². The van der Waals surface area contributed by atoms with Crippen LogP contribution in [-0.4, -0.2) is 26.2 Å². The van der Waals surface area contributed by atoms with Crippen LogP contribution in [0.25, 0.3) is 0 Å². The quantitative estimate of drug-likeness (QED) is 0.605. The second-order valence-corrected chi connectivity index (χ2v) is 3.67. The van der Waals surface area contributed by atoms with Crippen molar-refractivity contribution in [3.05, 3.63) is 54.5 Å². The maximum absolute atomic E-state index is 11.5. The number of methoxy groups -OCH3 is 2. The Morgan fingerprint density at radius 1 is 1.11 bits per heavy atom. The third-order valence-corrected chi connectivity index (χ3v) is 2.51. The lowest BCUT2D eigenvalue weighted by molar-refractivity contribution is 0.0599. The van der Waals surface area contributed by atoms with Crippen LogP contribution in [0, 0.1) is 6.92 Å². The summed E-state index contributed by atoms with van der Waals surface area (Å²) in [6, 6.07) is 4.67. The summed E-state index contributed by atoms with van der Waals surface area (Å²) in [4.78, 5) is 23.0. The largest absolute Gasteiger partial charge is 0.465 e. The molecule has 0 saturated heterocycles. The predicted molar refractivity (Wildman–Crippen MR) is 67.4 cm³/mol. The number of rotatable bonds is 4. The Hall–Kier alpha value is -2.10. The van der Waals surface area contributed by atoms with Crippen LogP contribution in [0.1, 0.15) is 32.2 Å². The maximum atomic E-state index is 11.5. The molecule has 95 valence electrons. The minimum absolute atomic E-state index is 0.224. The molecule has 0 fully saturated rings. The maximum Gasteiger partial charge on any atom is 0.337 e. The highest BCUT2D eigenvalue weighted by Gasteiger charge is 2.15. The standard InChI is InChI=1S/C14H15O4/c1-5-9(2)10-6-11(13(15)17-3)8-12(7-10)14(16)18-4/h5-9H,1-2H2,3-4H3. The minimum atomic E-state index is -0.515. The van der Waals surface area contributed by atoms with Gasteiger partial charge in [-0.25, -0.2) is 9.59 Å². The van der Waals surface area contributed by atoms with Crippen LogP contribution >= 0.6 is 0 Å². The smallest absolute Gasteiger partial charge is 0.337 e. The van der Waals surface area contributed by atoms with Gasteiger partial charge in [-0.3, -0.25) is 0 Å². The molecule has 4 heteroatoms. The third kappa shape index (κ3) is 2.97. The average molecular weight is 247 g/mol. The summed E-state index contributed by atoms with van der Waals surface area (Å²) in [7, 11) is 2.56. The number of hydrogen-bond acceptors (Lipinski definition) is 4. The summed E-state index contributed by atoms with van der Waals surface area (Å²) in [5.74, 6) is -1.26. The molecule has 0 aliphatic heterocycles. The second kappa shape index (κ2) is 6.00. The first-order chi connectivity index (χ1) is 8.53. The molecule has 1 atom stereocenters. The van der Waals surface area contributed by atoms with E-state index in [-0.39, 0.29) is 17.0 Å². The molecule has 0 aliphatic rings. The number of benzene rings is 1. The van der Waals surface area contributed by atoms with Gasteiger partial charge in [-0.05, 0) is 30.7 Å². The number of ether oxygens (including phenoxy) is 2. The number of esters is 2. The van der Waals surface area contributed by atoms with Gasteiger partial charge >= 0.3 is 11.9 Å². The van der Waals surface area contributed by atoms with Crippen LogP contribution in [0.2, 0.25) is 0 Å². The Labute approximate surface area is 106 Å². The van der Waals surface area contributed by atoms with Crippen LogP contribution in [0.3, 0.4) is 0 Å². The summed E-state index contributed by atoms with van der Waals surface area (Å²) in [5, 5.41) is 0. The highest BCUT2D eigenvalue weighted by atomic mass is 16.5. The number of hydrogen-bond donors (Lipinski definition) is 0. The van der Waals surface area contributed by atoms with Gasteiger partial charge in [0.15, 0.2) is 0 Å². The van der Waals surface area contributed by atoms with Gasteiger partial charge < -0.3 is 9.47 Å². The van der Waals surface area contributed by atoms with Crippen LogP contribution in [0.4, 0.5) is 0 Å². The summed E-state index contributed by atoms with van der Waals surface area (Å²) in [6.45, 7) is 7.49. The first-order valence-electron chi connectivity index (χ1n) is 5.30. The van der Waals surface area contributed by atoms with E-state index in [9.17, 15) is 9.59 Å². The van der Waals surface area contributed by atoms with Crippen LogP contribution in [0.15, 0.2) is 30.9 Å². The van der Waals surface area contributed by atoms with Gasteiger partial charge in [0.1, 0.15) is 0 Å².